The highest BCUT2D eigenvalue weighted by atomic mass is 16.2. The number of carbonyl (C=O) groups excluding carboxylic acids is 1. The molecule has 27 heavy (non-hydrogen) atoms. The summed E-state index contributed by atoms with van der Waals surface area (Å²) >= 11 is 0. The van der Waals surface area contributed by atoms with Crippen molar-refractivity contribution < 1.29 is 4.79 Å². The largest absolute Gasteiger partial charge is 0.347 e. The summed E-state index contributed by atoms with van der Waals surface area (Å²) in [7, 11) is 3.67. The van der Waals surface area contributed by atoms with Crippen molar-refractivity contribution >= 4 is 5.91 Å². The summed E-state index contributed by atoms with van der Waals surface area (Å²) in [6.45, 7) is 8.19. The van der Waals surface area contributed by atoms with Gasteiger partial charge in [-0.2, -0.15) is 0 Å². The number of piperazine rings is 1. The Bertz CT molecular complexity index is 792. The number of aryl methyl sites for hydroxylation is 2. The lowest BCUT2D eigenvalue weighted by Crippen LogP contribution is -2.58. The molecule has 2 aromatic rings. The van der Waals surface area contributed by atoms with Crippen molar-refractivity contribution in [2.24, 2.45) is 0 Å². The molecule has 0 aromatic carbocycles. The van der Waals surface area contributed by atoms with Crippen molar-refractivity contribution in [1.82, 2.24) is 24.7 Å². The van der Waals surface area contributed by atoms with Crippen LogP contribution in [0, 0.1) is 13.8 Å². The van der Waals surface area contributed by atoms with E-state index in [-0.39, 0.29) is 11.9 Å². The summed E-state index contributed by atoms with van der Waals surface area (Å²) in [5, 5.41) is 0. The van der Waals surface area contributed by atoms with E-state index in [4.69, 9.17) is 0 Å². The molecule has 1 unspecified atom stereocenters. The van der Waals surface area contributed by atoms with Crippen LogP contribution in [-0.4, -0.2) is 70.3 Å². The quantitative estimate of drug-likeness (QED) is 0.808. The normalized spacial score (nSPS) is 18.4. The number of carbonyl (C=O) groups is 1. The van der Waals surface area contributed by atoms with Gasteiger partial charge in [-0.1, -0.05) is 0 Å². The smallest absolute Gasteiger partial charge is 0.240 e. The minimum Gasteiger partial charge on any atom is -0.347 e. The van der Waals surface area contributed by atoms with E-state index < -0.39 is 0 Å². The van der Waals surface area contributed by atoms with Gasteiger partial charge in [0.05, 0.1) is 0 Å². The molecule has 1 aliphatic rings. The van der Waals surface area contributed by atoms with Crippen molar-refractivity contribution in [1.29, 1.82) is 0 Å². The Balaban J connectivity index is 1.73. The Labute approximate surface area is 161 Å². The second kappa shape index (κ2) is 8.59. The van der Waals surface area contributed by atoms with E-state index in [9.17, 15) is 4.79 Å². The minimum atomic E-state index is -0.134. The van der Waals surface area contributed by atoms with Crippen LogP contribution in [0.3, 0.4) is 0 Å². The van der Waals surface area contributed by atoms with E-state index in [1.165, 1.54) is 11.1 Å². The number of likely N-dealkylation sites (N-methyl/N-ethyl adjacent to an activating group) is 1. The molecule has 1 aliphatic heterocycles. The van der Waals surface area contributed by atoms with Crippen molar-refractivity contribution in [3.63, 3.8) is 0 Å². The monoisotopic (exact) mass is 367 g/mol. The van der Waals surface area contributed by atoms with Crippen molar-refractivity contribution in [2.75, 3.05) is 33.7 Å². The first-order valence-electron chi connectivity index (χ1n) is 9.43. The number of hydrogen-bond acceptors (Lipinski definition) is 5. The van der Waals surface area contributed by atoms with E-state index in [0.717, 1.165) is 44.1 Å². The van der Waals surface area contributed by atoms with Crippen LogP contribution in [0.1, 0.15) is 22.5 Å². The van der Waals surface area contributed by atoms with Crippen molar-refractivity contribution in [3.05, 3.63) is 59.2 Å². The average molecular weight is 367 g/mol. The number of hydrogen-bond donors (Lipinski definition) is 0. The van der Waals surface area contributed by atoms with Gasteiger partial charge in [0.1, 0.15) is 6.04 Å². The third kappa shape index (κ3) is 5.11. The summed E-state index contributed by atoms with van der Waals surface area (Å²) in [4.78, 5) is 27.8. The molecule has 3 heterocycles. The molecular formula is C21H29N5O. The Kier molecular flexibility index (Phi) is 6.19. The molecule has 0 radical (unpaired) electrons. The zero-order chi connectivity index (χ0) is 19.4. The average Bonchev–Trinajstić information content (AvgIpc) is 2.62. The van der Waals surface area contributed by atoms with Gasteiger partial charge in [-0.25, -0.2) is 0 Å². The Hall–Kier alpha value is -2.31. The predicted octanol–water partition coefficient (Wildman–Crippen LogP) is 1.87. The topological polar surface area (TPSA) is 52.6 Å². The van der Waals surface area contributed by atoms with Crippen LogP contribution >= 0.6 is 0 Å². The van der Waals surface area contributed by atoms with Gasteiger partial charge in [0.25, 0.3) is 0 Å². The van der Waals surface area contributed by atoms with Crippen LogP contribution < -0.4 is 0 Å². The van der Waals surface area contributed by atoms with Crippen LogP contribution in [0.5, 0.6) is 0 Å². The maximum absolute atomic E-state index is 12.9. The summed E-state index contributed by atoms with van der Waals surface area (Å²) in [6.07, 6.45) is 3.70. The zero-order valence-corrected chi connectivity index (χ0v) is 16.7. The second-order valence-corrected chi connectivity index (χ2v) is 7.56. The lowest BCUT2D eigenvalue weighted by Gasteiger charge is -2.41. The molecule has 6 heteroatoms. The first-order valence-corrected chi connectivity index (χ1v) is 9.43. The summed E-state index contributed by atoms with van der Waals surface area (Å²) in [5.74, 6) is 0.163. The Morgan fingerprint density at radius 2 is 1.63 bits per heavy atom. The SMILES string of the molecule is Cc1cc(CN2CCN(Cc3ccnc(C)c3)C(C(=O)N(C)C)C2)ccn1. The van der Waals surface area contributed by atoms with Crippen LogP contribution in [0.25, 0.3) is 0 Å². The van der Waals surface area contributed by atoms with Gasteiger partial charge in [-0.05, 0) is 49.2 Å². The highest BCUT2D eigenvalue weighted by Crippen LogP contribution is 2.18. The van der Waals surface area contributed by atoms with Gasteiger partial charge < -0.3 is 4.90 Å². The molecule has 0 saturated carbocycles. The molecule has 1 fully saturated rings. The molecule has 2 aromatic heterocycles. The summed E-state index contributed by atoms with van der Waals surface area (Å²) in [6, 6.07) is 8.18. The molecule has 6 nitrogen and oxygen atoms in total. The summed E-state index contributed by atoms with van der Waals surface area (Å²) in [5.41, 5.74) is 4.49. The Morgan fingerprint density at radius 1 is 1.04 bits per heavy atom. The zero-order valence-electron chi connectivity index (χ0n) is 16.7. The first-order chi connectivity index (χ1) is 12.9. The molecule has 0 N–H and O–H groups in total. The van der Waals surface area contributed by atoms with Crippen molar-refractivity contribution in [3.8, 4) is 0 Å². The molecule has 0 spiro atoms. The van der Waals surface area contributed by atoms with Crippen LogP contribution in [0.2, 0.25) is 0 Å². The van der Waals surface area contributed by atoms with E-state index in [1.807, 2.05) is 46.4 Å². The maximum atomic E-state index is 12.9. The fourth-order valence-electron chi connectivity index (χ4n) is 3.64. The van der Waals surface area contributed by atoms with Crippen LogP contribution in [-0.2, 0) is 17.9 Å². The molecule has 1 saturated heterocycles. The fourth-order valence-corrected chi connectivity index (χ4v) is 3.64. The molecule has 1 amide bonds. The Morgan fingerprint density at radius 3 is 2.19 bits per heavy atom. The predicted molar refractivity (Wildman–Crippen MR) is 106 cm³/mol. The summed E-state index contributed by atoms with van der Waals surface area (Å²) < 4.78 is 0. The van der Waals surface area contributed by atoms with Gasteiger partial charge >= 0.3 is 0 Å². The third-order valence-electron chi connectivity index (χ3n) is 5.02. The fraction of sp³-hybridized carbons (Fsp3) is 0.476. The number of rotatable bonds is 5. The number of aromatic nitrogens is 2. The van der Waals surface area contributed by atoms with Crippen molar-refractivity contribution in [2.45, 2.75) is 33.0 Å². The van der Waals surface area contributed by atoms with Gasteiger partial charge in [0.2, 0.25) is 5.91 Å². The van der Waals surface area contributed by atoms with E-state index in [1.54, 1.807) is 4.90 Å². The molecule has 0 aliphatic carbocycles. The highest BCUT2D eigenvalue weighted by Gasteiger charge is 2.33. The molecule has 3 rings (SSSR count). The highest BCUT2D eigenvalue weighted by molar-refractivity contribution is 5.81. The number of pyridine rings is 2. The molecule has 0 bridgehead atoms. The maximum Gasteiger partial charge on any atom is 0.240 e. The van der Waals surface area contributed by atoms with Gasteiger partial charge in [0, 0.05) is 70.6 Å². The van der Waals surface area contributed by atoms with E-state index >= 15 is 0 Å². The lowest BCUT2D eigenvalue weighted by molar-refractivity contribution is -0.137. The van der Waals surface area contributed by atoms with Crippen LogP contribution in [0.4, 0.5) is 0 Å². The minimum absolute atomic E-state index is 0.134. The first kappa shape index (κ1) is 19.5. The number of nitrogens with zero attached hydrogens (tertiary/aromatic N) is 5. The standard InChI is InChI=1S/C21H29N5O/c1-16-11-18(5-7-22-16)13-25-9-10-26(20(15-25)21(27)24(3)4)14-19-6-8-23-17(2)12-19/h5-8,11-12,20H,9-10,13-15H2,1-4H3. The van der Waals surface area contributed by atoms with E-state index in [2.05, 4.69) is 38.0 Å². The number of amides is 1. The van der Waals surface area contributed by atoms with Gasteiger partial charge in [-0.3, -0.25) is 24.6 Å². The lowest BCUT2D eigenvalue weighted by atomic mass is 10.1. The van der Waals surface area contributed by atoms with Crippen LogP contribution in [0.15, 0.2) is 36.7 Å². The van der Waals surface area contributed by atoms with E-state index in [0.29, 0.717) is 0 Å². The second-order valence-electron chi connectivity index (χ2n) is 7.56. The molecular weight excluding hydrogens is 338 g/mol. The molecule has 144 valence electrons. The molecule has 1 atom stereocenters. The van der Waals surface area contributed by atoms with Gasteiger partial charge in [-0.15, -0.1) is 0 Å². The van der Waals surface area contributed by atoms with Gasteiger partial charge in [0.15, 0.2) is 0 Å². The third-order valence-corrected chi connectivity index (χ3v) is 5.02.